The van der Waals surface area contributed by atoms with Gasteiger partial charge in [-0.1, -0.05) is 12.8 Å². The van der Waals surface area contributed by atoms with Gasteiger partial charge in [-0.3, -0.25) is 10.1 Å². The minimum Gasteiger partial charge on any atom is -0.391 e. The average Bonchev–Trinajstić information content (AvgIpc) is 2.41. The van der Waals surface area contributed by atoms with Gasteiger partial charge in [0.2, 0.25) is 5.82 Å². The van der Waals surface area contributed by atoms with Crippen LogP contribution in [0, 0.1) is 10.1 Å². The first-order valence-corrected chi connectivity index (χ1v) is 6.18. The van der Waals surface area contributed by atoms with Gasteiger partial charge in [0.1, 0.15) is 5.82 Å². The molecule has 1 heterocycles. The molecule has 1 saturated carbocycles. The molecule has 104 valence electrons. The predicted molar refractivity (Wildman–Crippen MR) is 70.6 cm³/mol. The lowest BCUT2D eigenvalue weighted by molar-refractivity contribution is -0.384. The Morgan fingerprint density at radius 2 is 2.16 bits per heavy atom. The molecule has 0 radical (unpaired) electrons. The van der Waals surface area contributed by atoms with E-state index in [-0.39, 0.29) is 17.5 Å². The zero-order valence-corrected chi connectivity index (χ0v) is 10.4. The molecule has 8 nitrogen and oxygen atoms in total. The van der Waals surface area contributed by atoms with Crippen molar-refractivity contribution in [3.8, 4) is 0 Å². The Labute approximate surface area is 110 Å². The normalized spacial score (nSPS) is 22.8. The van der Waals surface area contributed by atoms with E-state index in [2.05, 4.69) is 15.7 Å². The molecule has 2 unspecified atom stereocenters. The second-order valence-electron chi connectivity index (χ2n) is 4.57. The third-order valence-electron chi connectivity index (χ3n) is 3.27. The summed E-state index contributed by atoms with van der Waals surface area (Å²) in [4.78, 5) is 14.5. The Kier molecular flexibility index (Phi) is 4.13. The fourth-order valence-electron chi connectivity index (χ4n) is 2.24. The molecule has 0 aromatic carbocycles. The molecule has 8 heteroatoms. The summed E-state index contributed by atoms with van der Waals surface area (Å²) >= 11 is 0. The van der Waals surface area contributed by atoms with E-state index in [1.807, 2.05) is 0 Å². The van der Waals surface area contributed by atoms with Crippen LogP contribution in [0.25, 0.3) is 0 Å². The fourth-order valence-corrected chi connectivity index (χ4v) is 2.24. The molecule has 0 saturated heterocycles. The van der Waals surface area contributed by atoms with Gasteiger partial charge in [0.05, 0.1) is 17.1 Å². The van der Waals surface area contributed by atoms with Crippen molar-refractivity contribution in [2.45, 2.75) is 37.8 Å². The number of nitrogens with two attached hydrogens (primary N) is 1. The summed E-state index contributed by atoms with van der Waals surface area (Å²) in [5, 5.41) is 23.8. The number of pyridine rings is 1. The Bertz CT molecular complexity index is 468. The molecule has 1 aliphatic rings. The van der Waals surface area contributed by atoms with E-state index in [9.17, 15) is 15.2 Å². The number of nitrogens with one attached hydrogen (secondary N) is 2. The number of nitrogen functional groups attached to an aromatic ring is 1. The van der Waals surface area contributed by atoms with Crippen molar-refractivity contribution < 1.29 is 10.0 Å². The number of anilines is 2. The number of hydrogen-bond acceptors (Lipinski definition) is 7. The average molecular weight is 267 g/mol. The molecule has 2 rings (SSSR count). The summed E-state index contributed by atoms with van der Waals surface area (Å²) in [5.74, 6) is 5.71. The minimum atomic E-state index is -0.510. The lowest BCUT2D eigenvalue weighted by Crippen LogP contribution is -2.36. The van der Waals surface area contributed by atoms with Crippen LogP contribution in [0.2, 0.25) is 0 Å². The van der Waals surface area contributed by atoms with E-state index in [0.29, 0.717) is 12.2 Å². The first kappa shape index (κ1) is 13.5. The van der Waals surface area contributed by atoms with Crippen LogP contribution in [0.15, 0.2) is 12.1 Å². The van der Waals surface area contributed by atoms with E-state index >= 15 is 0 Å². The van der Waals surface area contributed by atoms with Crippen LogP contribution in [0.5, 0.6) is 0 Å². The standard InChI is InChI=1S/C11H17N5O3/c12-15-10-6-5-8(16(18)19)11(14-10)13-7-3-1-2-4-9(7)17/h5-7,9,17H,1-4,12H2,(H2,13,14,15). The summed E-state index contributed by atoms with van der Waals surface area (Å²) in [6, 6.07) is 2.55. The van der Waals surface area contributed by atoms with Crippen LogP contribution >= 0.6 is 0 Å². The van der Waals surface area contributed by atoms with Crippen LogP contribution in [0.3, 0.4) is 0 Å². The number of rotatable bonds is 4. The largest absolute Gasteiger partial charge is 0.391 e. The first-order valence-electron chi connectivity index (χ1n) is 6.18. The van der Waals surface area contributed by atoms with E-state index in [4.69, 9.17) is 5.84 Å². The van der Waals surface area contributed by atoms with Crippen molar-refractivity contribution in [1.82, 2.24) is 4.98 Å². The highest BCUT2D eigenvalue weighted by molar-refractivity contribution is 5.60. The van der Waals surface area contributed by atoms with Crippen LogP contribution in [-0.2, 0) is 0 Å². The summed E-state index contributed by atoms with van der Waals surface area (Å²) in [7, 11) is 0. The Morgan fingerprint density at radius 1 is 1.42 bits per heavy atom. The SMILES string of the molecule is NNc1ccc([N+](=O)[O-])c(NC2CCCCC2O)n1. The molecule has 0 spiro atoms. The molecule has 1 aromatic rings. The van der Waals surface area contributed by atoms with Gasteiger partial charge in [-0.25, -0.2) is 10.8 Å². The summed E-state index contributed by atoms with van der Waals surface area (Å²) in [6.07, 6.45) is 2.90. The maximum absolute atomic E-state index is 11.0. The van der Waals surface area contributed by atoms with Gasteiger partial charge < -0.3 is 15.8 Å². The number of hydrazine groups is 1. The fraction of sp³-hybridized carbons (Fsp3) is 0.545. The Hall–Kier alpha value is -1.93. The van der Waals surface area contributed by atoms with Gasteiger partial charge in [0.25, 0.3) is 0 Å². The lowest BCUT2D eigenvalue weighted by atomic mass is 9.92. The van der Waals surface area contributed by atoms with Gasteiger partial charge >= 0.3 is 5.69 Å². The number of nitro groups is 1. The molecular formula is C11H17N5O3. The van der Waals surface area contributed by atoms with Gasteiger partial charge in [-0.05, 0) is 18.9 Å². The zero-order chi connectivity index (χ0) is 13.8. The van der Waals surface area contributed by atoms with Crippen molar-refractivity contribution in [3.63, 3.8) is 0 Å². The van der Waals surface area contributed by atoms with E-state index in [0.717, 1.165) is 19.3 Å². The molecule has 1 aromatic heterocycles. The maximum atomic E-state index is 11.0. The van der Waals surface area contributed by atoms with Gasteiger partial charge in [0, 0.05) is 6.07 Å². The van der Waals surface area contributed by atoms with Crippen LogP contribution < -0.4 is 16.6 Å². The predicted octanol–water partition coefficient (Wildman–Crippen LogP) is 0.991. The number of aromatic nitrogens is 1. The van der Waals surface area contributed by atoms with Crippen molar-refractivity contribution in [2.24, 2.45) is 5.84 Å². The Morgan fingerprint density at radius 3 is 2.79 bits per heavy atom. The van der Waals surface area contributed by atoms with Crippen LogP contribution in [-0.4, -0.2) is 27.2 Å². The lowest BCUT2D eigenvalue weighted by Gasteiger charge is -2.28. The third-order valence-corrected chi connectivity index (χ3v) is 3.27. The number of aliphatic hydroxyl groups is 1. The highest BCUT2D eigenvalue weighted by Gasteiger charge is 2.26. The van der Waals surface area contributed by atoms with Gasteiger partial charge in [-0.15, -0.1) is 0 Å². The number of aliphatic hydroxyl groups excluding tert-OH is 1. The smallest absolute Gasteiger partial charge is 0.311 e. The van der Waals surface area contributed by atoms with Crippen LogP contribution in [0.4, 0.5) is 17.3 Å². The molecule has 0 amide bonds. The Balaban J connectivity index is 2.23. The van der Waals surface area contributed by atoms with Crippen molar-refractivity contribution in [3.05, 3.63) is 22.2 Å². The molecular weight excluding hydrogens is 250 g/mol. The van der Waals surface area contributed by atoms with Gasteiger partial charge in [-0.2, -0.15) is 0 Å². The van der Waals surface area contributed by atoms with E-state index in [1.165, 1.54) is 12.1 Å². The second kappa shape index (κ2) is 5.81. The minimum absolute atomic E-state index is 0.128. The molecule has 0 aliphatic heterocycles. The first-order chi connectivity index (χ1) is 9.11. The zero-order valence-electron chi connectivity index (χ0n) is 10.4. The number of nitrogens with zero attached hydrogens (tertiary/aromatic N) is 2. The maximum Gasteiger partial charge on any atom is 0.311 e. The molecule has 1 fully saturated rings. The number of hydrogen-bond donors (Lipinski definition) is 4. The van der Waals surface area contributed by atoms with Crippen molar-refractivity contribution in [1.29, 1.82) is 0 Å². The van der Waals surface area contributed by atoms with Gasteiger partial charge in [0.15, 0.2) is 0 Å². The highest BCUT2D eigenvalue weighted by Crippen LogP contribution is 2.28. The monoisotopic (exact) mass is 267 g/mol. The summed E-state index contributed by atoms with van der Waals surface area (Å²) in [5.41, 5.74) is 2.22. The van der Waals surface area contributed by atoms with Crippen LogP contribution in [0.1, 0.15) is 25.7 Å². The molecule has 2 atom stereocenters. The summed E-state index contributed by atoms with van der Waals surface area (Å²) < 4.78 is 0. The quantitative estimate of drug-likeness (QED) is 0.364. The van der Waals surface area contributed by atoms with Crippen molar-refractivity contribution >= 4 is 17.3 Å². The highest BCUT2D eigenvalue weighted by atomic mass is 16.6. The van der Waals surface area contributed by atoms with E-state index in [1.54, 1.807) is 0 Å². The topological polar surface area (TPSA) is 126 Å². The summed E-state index contributed by atoms with van der Waals surface area (Å²) in [6.45, 7) is 0. The molecule has 5 N–H and O–H groups in total. The third kappa shape index (κ3) is 3.09. The van der Waals surface area contributed by atoms with Crippen molar-refractivity contribution in [2.75, 3.05) is 10.7 Å². The molecule has 19 heavy (non-hydrogen) atoms. The molecule has 0 bridgehead atoms. The van der Waals surface area contributed by atoms with E-state index < -0.39 is 11.0 Å². The second-order valence-corrected chi connectivity index (χ2v) is 4.57. The molecule has 1 aliphatic carbocycles.